The maximum absolute atomic E-state index is 4.68. The zero-order chi connectivity index (χ0) is 25.5. The number of likely N-dealkylation sites (N-methyl/N-ethyl adjacent to an activating group) is 1. The predicted octanol–water partition coefficient (Wildman–Crippen LogP) is 6.09. The molecule has 0 unspecified atom stereocenters. The van der Waals surface area contributed by atoms with Crippen molar-refractivity contribution < 1.29 is 0 Å². The lowest BCUT2D eigenvalue weighted by atomic mass is 10.1. The van der Waals surface area contributed by atoms with Gasteiger partial charge in [0.2, 0.25) is 0 Å². The van der Waals surface area contributed by atoms with Gasteiger partial charge in [0.1, 0.15) is 0 Å². The van der Waals surface area contributed by atoms with Gasteiger partial charge in [0, 0.05) is 63.1 Å². The van der Waals surface area contributed by atoms with Crippen LogP contribution in [0.1, 0.15) is 4.88 Å². The molecule has 0 saturated carbocycles. The number of nitrogens with zero attached hydrogens (tertiary/aromatic N) is 5. The molecule has 6 heterocycles. The zero-order valence-corrected chi connectivity index (χ0v) is 21.6. The molecule has 0 atom stereocenters. The minimum absolute atomic E-state index is 0.659. The number of aromatic nitrogens is 6. The number of H-pyrrole nitrogens is 2. The van der Waals surface area contributed by atoms with Crippen molar-refractivity contribution in [3.05, 3.63) is 78.3 Å². The van der Waals surface area contributed by atoms with Crippen molar-refractivity contribution in [2.75, 3.05) is 26.0 Å². The number of nitrogens with one attached hydrogen (secondary N) is 3. The summed E-state index contributed by atoms with van der Waals surface area (Å²) in [5.41, 5.74) is 8.19. The Balaban J connectivity index is 1.38. The highest BCUT2D eigenvalue weighted by atomic mass is 32.1. The van der Waals surface area contributed by atoms with Gasteiger partial charge < -0.3 is 15.2 Å². The van der Waals surface area contributed by atoms with Crippen molar-refractivity contribution in [3.63, 3.8) is 0 Å². The lowest BCUT2D eigenvalue weighted by Gasteiger charge is -2.14. The molecule has 6 aromatic heterocycles. The first-order valence-corrected chi connectivity index (χ1v) is 12.7. The summed E-state index contributed by atoms with van der Waals surface area (Å²) in [6, 6.07) is 12.5. The topological polar surface area (TPSA) is 98.4 Å². The average molecular weight is 507 g/mol. The van der Waals surface area contributed by atoms with E-state index in [1.807, 2.05) is 38.8 Å². The van der Waals surface area contributed by atoms with Gasteiger partial charge in [-0.05, 0) is 57.4 Å². The highest BCUT2D eigenvalue weighted by Crippen LogP contribution is 2.36. The Bertz CT molecular complexity index is 1760. The van der Waals surface area contributed by atoms with E-state index < -0.39 is 0 Å². The monoisotopic (exact) mass is 506 g/mol. The van der Waals surface area contributed by atoms with E-state index in [4.69, 9.17) is 0 Å². The third-order valence-corrected chi connectivity index (χ3v) is 7.11. The maximum atomic E-state index is 4.68. The number of hydrogen-bond acceptors (Lipinski definition) is 7. The van der Waals surface area contributed by atoms with Crippen molar-refractivity contribution in [2.24, 2.45) is 0 Å². The van der Waals surface area contributed by atoms with E-state index in [-0.39, 0.29) is 0 Å². The summed E-state index contributed by atoms with van der Waals surface area (Å²) in [6.45, 7) is 6.95. The molecule has 0 radical (unpaired) electrons. The van der Waals surface area contributed by atoms with Gasteiger partial charge in [-0.2, -0.15) is 5.10 Å². The Morgan fingerprint density at radius 3 is 2.70 bits per heavy atom. The van der Waals surface area contributed by atoms with Crippen molar-refractivity contribution in [3.8, 4) is 33.1 Å². The number of pyridine rings is 3. The SMILES string of the molecule is C=C(CN(C)C)Nc1cncc(-c2cnc3n[nH]c(-c4cc5c(-c6ccc(C)s6)nccc5[nH]4)c3c2)c1. The molecule has 0 aliphatic rings. The van der Waals surface area contributed by atoms with Gasteiger partial charge in [0.15, 0.2) is 5.65 Å². The quantitative estimate of drug-likeness (QED) is 0.242. The van der Waals surface area contributed by atoms with Crippen LogP contribution in [0.2, 0.25) is 0 Å². The number of hydrogen-bond donors (Lipinski definition) is 3. The van der Waals surface area contributed by atoms with Crippen LogP contribution in [0.15, 0.2) is 73.5 Å². The molecular formula is C28H26N8S. The van der Waals surface area contributed by atoms with E-state index in [2.05, 4.69) is 84.2 Å². The summed E-state index contributed by atoms with van der Waals surface area (Å²) in [4.78, 5) is 21.7. The lowest BCUT2D eigenvalue weighted by Crippen LogP contribution is -2.18. The van der Waals surface area contributed by atoms with E-state index in [1.165, 1.54) is 4.88 Å². The van der Waals surface area contributed by atoms with Gasteiger partial charge >= 0.3 is 0 Å². The van der Waals surface area contributed by atoms with Gasteiger partial charge in [0.05, 0.1) is 33.8 Å². The van der Waals surface area contributed by atoms with Crippen LogP contribution in [-0.2, 0) is 0 Å². The fraction of sp³-hybridized carbons (Fsp3) is 0.143. The molecule has 37 heavy (non-hydrogen) atoms. The molecule has 9 heteroatoms. The minimum Gasteiger partial charge on any atom is -0.357 e. The molecule has 0 fully saturated rings. The molecule has 8 nitrogen and oxygen atoms in total. The number of anilines is 1. The maximum Gasteiger partial charge on any atom is 0.181 e. The smallest absolute Gasteiger partial charge is 0.181 e. The molecule has 3 N–H and O–H groups in total. The summed E-state index contributed by atoms with van der Waals surface area (Å²) in [5, 5.41) is 13.0. The number of aryl methyl sites for hydroxylation is 1. The normalized spacial score (nSPS) is 11.6. The van der Waals surface area contributed by atoms with Gasteiger partial charge in [0.25, 0.3) is 0 Å². The lowest BCUT2D eigenvalue weighted by molar-refractivity contribution is 0.447. The van der Waals surface area contributed by atoms with Gasteiger partial charge in [-0.15, -0.1) is 11.3 Å². The van der Waals surface area contributed by atoms with E-state index in [1.54, 1.807) is 17.5 Å². The van der Waals surface area contributed by atoms with Gasteiger partial charge in [-0.3, -0.25) is 15.1 Å². The first kappa shape index (κ1) is 23.1. The fourth-order valence-corrected chi connectivity index (χ4v) is 5.38. The van der Waals surface area contributed by atoms with Crippen LogP contribution in [0.4, 0.5) is 5.69 Å². The Morgan fingerprint density at radius 2 is 1.89 bits per heavy atom. The van der Waals surface area contributed by atoms with Crippen molar-refractivity contribution in [2.45, 2.75) is 6.92 Å². The third kappa shape index (κ3) is 4.50. The van der Waals surface area contributed by atoms with Crippen LogP contribution in [0.5, 0.6) is 0 Å². The van der Waals surface area contributed by atoms with Crippen molar-refractivity contribution in [1.82, 2.24) is 35.0 Å². The largest absolute Gasteiger partial charge is 0.357 e. The zero-order valence-electron chi connectivity index (χ0n) is 20.8. The summed E-state index contributed by atoms with van der Waals surface area (Å²) >= 11 is 1.75. The van der Waals surface area contributed by atoms with Crippen molar-refractivity contribution >= 4 is 39.0 Å². The molecular weight excluding hydrogens is 480 g/mol. The fourth-order valence-electron chi connectivity index (χ4n) is 4.50. The van der Waals surface area contributed by atoms with Crippen LogP contribution in [0.25, 0.3) is 55.0 Å². The number of fused-ring (bicyclic) bond motifs is 2. The minimum atomic E-state index is 0.659. The van der Waals surface area contributed by atoms with Crippen LogP contribution in [0.3, 0.4) is 0 Å². The van der Waals surface area contributed by atoms with Gasteiger partial charge in [-0.1, -0.05) is 6.58 Å². The number of rotatable bonds is 7. The number of aromatic amines is 2. The summed E-state index contributed by atoms with van der Waals surface area (Å²) in [5.74, 6) is 0. The Labute approximate surface area is 218 Å². The molecule has 184 valence electrons. The summed E-state index contributed by atoms with van der Waals surface area (Å²) in [6.07, 6.45) is 7.31. The molecule has 6 rings (SSSR count). The van der Waals surface area contributed by atoms with E-state index in [0.717, 1.165) is 67.3 Å². The second-order valence-electron chi connectivity index (χ2n) is 9.34. The molecule has 0 bridgehead atoms. The molecule has 0 aliphatic carbocycles. The molecule has 0 aromatic carbocycles. The van der Waals surface area contributed by atoms with Crippen molar-refractivity contribution in [1.29, 1.82) is 0 Å². The predicted molar refractivity (Wildman–Crippen MR) is 152 cm³/mol. The molecule has 0 amide bonds. The molecule has 6 aromatic rings. The molecule has 0 spiro atoms. The van der Waals surface area contributed by atoms with E-state index >= 15 is 0 Å². The number of thiophene rings is 1. The van der Waals surface area contributed by atoms with E-state index in [0.29, 0.717) is 5.65 Å². The van der Waals surface area contributed by atoms with E-state index in [9.17, 15) is 0 Å². The highest BCUT2D eigenvalue weighted by molar-refractivity contribution is 7.15. The van der Waals surface area contributed by atoms with Crippen LogP contribution < -0.4 is 5.32 Å². The average Bonchev–Trinajstić information content (AvgIpc) is 3.60. The first-order chi connectivity index (χ1) is 17.9. The second-order valence-corrected chi connectivity index (χ2v) is 10.6. The van der Waals surface area contributed by atoms with Crippen LogP contribution in [0, 0.1) is 6.92 Å². The first-order valence-electron chi connectivity index (χ1n) is 11.9. The van der Waals surface area contributed by atoms with Crippen LogP contribution >= 0.6 is 11.3 Å². The second kappa shape index (κ2) is 9.27. The third-order valence-electron chi connectivity index (χ3n) is 6.10. The van der Waals surface area contributed by atoms with Gasteiger partial charge in [-0.25, -0.2) is 4.98 Å². The Kier molecular flexibility index (Phi) is 5.78. The Morgan fingerprint density at radius 1 is 1.03 bits per heavy atom. The van der Waals surface area contributed by atoms with Crippen LogP contribution in [-0.4, -0.2) is 55.7 Å². The highest BCUT2D eigenvalue weighted by Gasteiger charge is 2.16. The standard InChI is InChI=1S/C28H26N8S/c1-16(15-36(3)4)32-20-9-18(12-29-14-20)19-10-22-26(34-35-28(22)31-13-19)24-11-21-23(33-24)7-8-30-27(21)25-6-5-17(2)37-25/h5-14,32-33H,1,15H2,2-4H3,(H,31,34,35). The molecule has 0 aliphatic heterocycles. The Hall–Kier alpha value is -4.34. The summed E-state index contributed by atoms with van der Waals surface area (Å²) < 4.78 is 0. The summed E-state index contributed by atoms with van der Waals surface area (Å²) in [7, 11) is 4.02. The molecule has 0 saturated heterocycles.